The van der Waals surface area contributed by atoms with Gasteiger partial charge in [0.25, 0.3) is 5.91 Å². The average molecular weight is 364 g/mol. The monoisotopic (exact) mass is 364 g/mol. The van der Waals surface area contributed by atoms with Crippen molar-refractivity contribution in [3.8, 4) is 11.3 Å². The standard InChI is InChI=1S/C22H24N2O3/c1-22(2,26)16-9-6-12-24(14-16)21(25)19-13-23-27-20(19)18-11-5-8-15-7-3-4-10-17(15)18/h3-5,7-8,10-11,13,16,26H,6,9,12,14H2,1-2H3/t16-/m1/s1. The van der Waals surface area contributed by atoms with E-state index in [0.717, 1.165) is 29.2 Å². The van der Waals surface area contributed by atoms with Gasteiger partial charge >= 0.3 is 0 Å². The number of likely N-dealkylation sites (tertiary alicyclic amines) is 1. The minimum absolute atomic E-state index is 0.0658. The minimum Gasteiger partial charge on any atom is -0.390 e. The molecule has 1 atom stereocenters. The molecule has 0 aliphatic carbocycles. The summed E-state index contributed by atoms with van der Waals surface area (Å²) in [6, 6.07) is 14.0. The van der Waals surface area contributed by atoms with Crippen LogP contribution in [0.2, 0.25) is 0 Å². The summed E-state index contributed by atoms with van der Waals surface area (Å²) >= 11 is 0. The molecular weight excluding hydrogens is 340 g/mol. The number of hydrogen-bond acceptors (Lipinski definition) is 4. The lowest BCUT2D eigenvalue weighted by Gasteiger charge is -2.38. The van der Waals surface area contributed by atoms with Crippen LogP contribution in [0.5, 0.6) is 0 Å². The minimum atomic E-state index is -0.800. The van der Waals surface area contributed by atoms with Gasteiger partial charge in [-0.15, -0.1) is 0 Å². The third kappa shape index (κ3) is 3.35. The molecule has 0 bridgehead atoms. The third-order valence-corrected chi connectivity index (χ3v) is 5.54. The zero-order valence-electron chi connectivity index (χ0n) is 15.7. The van der Waals surface area contributed by atoms with E-state index in [4.69, 9.17) is 4.52 Å². The van der Waals surface area contributed by atoms with Crippen LogP contribution in [-0.2, 0) is 0 Å². The fourth-order valence-corrected chi connectivity index (χ4v) is 3.92. The van der Waals surface area contributed by atoms with E-state index in [2.05, 4.69) is 5.16 Å². The number of rotatable bonds is 3. The van der Waals surface area contributed by atoms with Gasteiger partial charge in [-0.25, -0.2) is 0 Å². The summed E-state index contributed by atoms with van der Waals surface area (Å²) in [4.78, 5) is 15.0. The lowest BCUT2D eigenvalue weighted by molar-refractivity contribution is -0.0146. The van der Waals surface area contributed by atoms with Gasteiger partial charge in [-0.2, -0.15) is 0 Å². The van der Waals surface area contributed by atoms with Gasteiger partial charge in [0.2, 0.25) is 0 Å². The number of amides is 1. The van der Waals surface area contributed by atoms with Crippen molar-refractivity contribution in [2.75, 3.05) is 13.1 Å². The number of nitrogens with zero attached hydrogens (tertiary/aromatic N) is 2. The SMILES string of the molecule is CC(C)(O)[C@@H]1CCCN(C(=O)c2cnoc2-c2cccc3ccccc23)C1. The Morgan fingerprint density at radius 2 is 2.00 bits per heavy atom. The highest BCUT2D eigenvalue weighted by Gasteiger charge is 2.34. The Balaban J connectivity index is 1.69. The number of hydrogen-bond donors (Lipinski definition) is 1. The van der Waals surface area contributed by atoms with Crippen LogP contribution >= 0.6 is 0 Å². The van der Waals surface area contributed by atoms with Crippen LogP contribution in [0.3, 0.4) is 0 Å². The molecule has 27 heavy (non-hydrogen) atoms. The first-order chi connectivity index (χ1) is 12.9. The summed E-state index contributed by atoms with van der Waals surface area (Å²) in [5.74, 6) is 0.478. The molecule has 2 aromatic carbocycles. The molecule has 5 heteroatoms. The summed E-state index contributed by atoms with van der Waals surface area (Å²) in [6.07, 6.45) is 3.31. The first-order valence-corrected chi connectivity index (χ1v) is 9.39. The third-order valence-electron chi connectivity index (χ3n) is 5.54. The van der Waals surface area contributed by atoms with E-state index < -0.39 is 5.60 Å². The van der Waals surface area contributed by atoms with Gasteiger partial charge in [0.15, 0.2) is 5.76 Å². The largest absolute Gasteiger partial charge is 0.390 e. The molecule has 1 N–H and O–H groups in total. The molecule has 1 fully saturated rings. The first-order valence-electron chi connectivity index (χ1n) is 9.39. The fraction of sp³-hybridized carbons (Fsp3) is 0.364. The van der Waals surface area contributed by atoms with E-state index in [0.29, 0.717) is 24.4 Å². The summed E-state index contributed by atoms with van der Waals surface area (Å²) in [5, 5.41) is 16.4. The maximum atomic E-state index is 13.2. The Morgan fingerprint density at radius 3 is 2.81 bits per heavy atom. The molecular formula is C22H24N2O3. The van der Waals surface area contributed by atoms with Crippen LogP contribution < -0.4 is 0 Å². The molecule has 5 nitrogen and oxygen atoms in total. The van der Waals surface area contributed by atoms with E-state index in [-0.39, 0.29) is 11.8 Å². The number of carbonyl (C=O) groups is 1. The van der Waals surface area contributed by atoms with Crippen molar-refractivity contribution < 1.29 is 14.4 Å². The topological polar surface area (TPSA) is 66.6 Å². The van der Waals surface area contributed by atoms with Crippen LogP contribution in [0.4, 0.5) is 0 Å². The number of carbonyl (C=O) groups excluding carboxylic acids is 1. The second kappa shape index (κ2) is 6.82. The zero-order chi connectivity index (χ0) is 19.0. The molecule has 4 rings (SSSR count). The maximum Gasteiger partial charge on any atom is 0.259 e. The average Bonchev–Trinajstić information content (AvgIpc) is 3.16. The highest BCUT2D eigenvalue weighted by atomic mass is 16.5. The number of fused-ring (bicyclic) bond motifs is 1. The first kappa shape index (κ1) is 17.7. The van der Waals surface area contributed by atoms with Gasteiger partial charge in [-0.05, 0) is 37.5 Å². The lowest BCUT2D eigenvalue weighted by Crippen LogP contribution is -2.46. The normalized spacial score (nSPS) is 18.0. The molecule has 1 aromatic heterocycles. The van der Waals surface area contributed by atoms with Crippen molar-refractivity contribution in [1.82, 2.24) is 10.1 Å². The van der Waals surface area contributed by atoms with E-state index in [1.807, 2.05) is 61.2 Å². The molecule has 1 aliphatic rings. The van der Waals surface area contributed by atoms with Gasteiger partial charge in [-0.1, -0.05) is 47.6 Å². The van der Waals surface area contributed by atoms with Crippen molar-refractivity contribution in [3.63, 3.8) is 0 Å². The second-order valence-electron chi connectivity index (χ2n) is 7.84. The number of aromatic nitrogens is 1. The summed E-state index contributed by atoms with van der Waals surface area (Å²) in [5.41, 5.74) is 0.541. The van der Waals surface area contributed by atoms with Crippen molar-refractivity contribution in [3.05, 3.63) is 54.2 Å². The van der Waals surface area contributed by atoms with Crippen LogP contribution in [-0.4, -0.2) is 39.8 Å². The Labute approximate surface area is 158 Å². The number of piperidine rings is 1. The van der Waals surface area contributed by atoms with Crippen molar-refractivity contribution in [2.45, 2.75) is 32.3 Å². The Morgan fingerprint density at radius 1 is 1.22 bits per heavy atom. The highest BCUT2D eigenvalue weighted by molar-refractivity contribution is 6.04. The van der Waals surface area contributed by atoms with Gasteiger partial charge in [0.1, 0.15) is 5.56 Å². The summed E-state index contributed by atoms with van der Waals surface area (Å²) in [7, 11) is 0. The van der Waals surface area contributed by atoms with Gasteiger partial charge in [-0.3, -0.25) is 4.79 Å². The smallest absolute Gasteiger partial charge is 0.259 e. The zero-order valence-corrected chi connectivity index (χ0v) is 15.7. The van der Waals surface area contributed by atoms with Crippen molar-refractivity contribution in [1.29, 1.82) is 0 Å². The van der Waals surface area contributed by atoms with E-state index in [1.165, 1.54) is 6.20 Å². The van der Waals surface area contributed by atoms with Crippen molar-refractivity contribution in [2.24, 2.45) is 5.92 Å². The number of benzene rings is 2. The lowest BCUT2D eigenvalue weighted by atomic mass is 9.84. The molecule has 0 saturated carbocycles. The van der Waals surface area contributed by atoms with Gasteiger partial charge in [0, 0.05) is 24.6 Å². The molecule has 140 valence electrons. The predicted molar refractivity (Wildman–Crippen MR) is 104 cm³/mol. The van der Waals surface area contributed by atoms with Crippen LogP contribution in [0, 0.1) is 5.92 Å². The second-order valence-corrected chi connectivity index (χ2v) is 7.84. The van der Waals surface area contributed by atoms with Crippen LogP contribution in [0.15, 0.2) is 53.2 Å². The van der Waals surface area contributed by atoms with Crippen LogP contribution in [0.25, 0.3) is 22.1 Å². The van der Waals surface area contributed by atoms with Gasteiger partial charge < -0.3 is 14.5 Å². The quantitative estimate of drug-likeness (QED) is 0.759. The van der Waals surface area contributed by atoms with E-state index >= 15 is 0 Å². The van der Waals surface area contributed by atoms with E-state index in [1.54, 1.807) is 0 Å². The molecule has 0 unspecified atom stereocenters. The molecule has 2 heterocycles. The molecule has 1 saturated heterocycles. The Kier molecular flexibility index (Phi) is 4.48. The van der Waals surface area contributed by atoms with Crippen molar-refractivity contribution >= 4 is 16.7 Å². The fourth-order valence-electron chi connectivity index (χ4n) is 3.92. The summed E-state index contributed by atoms with van der Waals surface area (Å²) in [6.45, 7) is 4.85. The Hall–Kier alpha value is -2.66. The molecule has 0 spiro atoms. The van der Waals surface area contributed by atoms with E-state index in [9.17, 15) is 9.90 Å². The molecule has 0 radical (unpaired) electrons. The molecule has 1 aliphatic heterocycles. The van der Waals surface area contributed by atoms with Crippen LogP contribution in [0.1, 0.15) is 37.0 Å². The summed E-state index contributed by atoms with van der Waals surface area (Å²) < 4.78 is 5.52. The predicted octanol–water partition coefficient (Wildman–Crippen LogP) is 4.12. The highest BCUT2D eigenvalue weighted by Crippen LogP contribution is 2.33. The maximum absolute atomic E-state index is 13.2. The molecule has 1 amide bonds. The van der Waals surface area contributed by atoms with Gasteiger partial charge in [0.05, 0.1) is 11.8 Å². The number of aliphatic hydroxyl groups is 1. The molecule has 3 aromatic rings. The Bertz CT molecular complexity index is 966.